The lowest BCUT2D eigenvalue weighted by molar-refractivity contribution is -0.898. The van der Waals surface area contributed by atoms with Crippen LogP contribution < -0.4 is 0 Å². The predicted molar refractivity (Wildman–Crippen MR) is 99.2 cm³/mol. The molecule has 4 aliphatic rings. The van der Waals surface area contributed by atoms with Crippen molar-refractivity contribution in [3.05, 3.63) is 0 Å². The monoisotopic (exact) mass is 322 g/mol. The Kier molecular flexibility index (Phi) is 5.14. The minimum absolute atomic E-state index is 0.955. The lowest BCUT2D eigenvalue weighted by Crippen LogP contribution is -2.47. The highest BCUT2D eigenvalue weighted by atomic mass is 15.3. The summed E-state index contributed by atoms with van der Waals surface area (Å²) in [7, 11) is 11.8. The minimum Gasteiger partial charge on any atom is -0.328 e. The Morgan fingerprint density at radius 3 is 1.78 bits per heavy atom. The lowest BCUT2D eigenvalue weighted by atomic mass is 9.84. The quantitative estimate of drug-likeness (QED) is 0.636. The van der Waals surface area contributed by atoms with Gasteiger partial charge < -0.3 is 8.97 Å². The molecule has 2 heteroatoms. The van der Waals surface area contributed by atoms with Crippen LogP contribution in [0.5, 0.6) is 0 Å². The van der Waals surface area contributed by atoms with Gasteiger partial charge in [0.15, 0.2) is 0 Å². The van der Waals surface area contributed by atoms with Crippen molar-refractivity contribution >= 4 is 0 Å². The maximum absolute atomic E-state index is 2.39. The summed E-state index contributed by atoms with van der Waals surface area (Å²) in [6.07, 6.45) is 13.7. The van der Waals surface area contributed by atoms with E-state index in [2.05, 4.69) is 35.2 Å². The van der Waals surface area contributed by atoms with E-state index in [1.54, 1.807) is 12.8 Å². The number of hydrogen-bond acceptors (Lipinski definition) is 0. The number of rotatable bonds is 1. The van der Waals surface area contributed by atoms with Crippen LogP contribution in [0.3, 0.4) is 0 Å². The molecule has 2 nitrogen and oxygen atoms in total. The molecule has 1 heterocycles. The zero-order chi connectivity index (χ0) is 16.7. The van der Waals surface area contributed by atoms with Gasteiger partial charge in [-0.2, -0.15) is 0 Å². The van der Waals surface area contributed by atoms with Crippen LogP contribution >= 0.6 is 0 Å². The first kappa shape index (κ1) is 17.7. The summed E-state index contributed by atoms with van der Waals surface area (Å²) in [5.41, 5.74) is 0. The van der Waals surface area contributed by atoms with E-state index in [9.17, 15) is 0 Å². The fraction of sp³-hybridized carbons (Fsp3) is 1.00. The molecule has 0 spiro atoms. The van der Waals surface area contributed by atoms with Gasteiger partial charge in [0, 0.05) is 18.8 Å². The smallest absolute Gasteiger partial charge is 0.0889 e. The van der Waals surface area contributed by atoms with Crippen LogP contribution in [0.4, 0.5) is 0 Å². The first-order valence-corrected chi connectivity index (χ1v) is 10.3. The number of hydrogen-bond donors (Lipinski definition) is 0. The van der Waals surface area contributed by atoms with Crippen molar-refractivity contribution in [3.8, 4) is 0 Å². The van der Waals surface area contributed by atoms with Crippen molar-refractivity contribution in [1.29, 1.82) is 0 Å². The second-order valence-electron chi connectivity index (χ2n) is 11.0. The summed E-state index contributed by atoms with van der Waals surface area (Å²) in [6.45, 7) is 2.86. The average molecular weight is 323 g/mol. The standard InChI is InChI=1S/C11H22N.C10H20N/c1-12(2,3)11-7-9-4-5-10(6-9)8-11;1-11(2)6-5-9-3-4-10(7-9)8-11/h9-11H,4-8H2,1-3H3;9-10H,3-8H2,1-2H3/q2*+1. The SMILES string of the molecule is C[N+](C)(C)C1CC2CCC(C2)C1.C[N+]1(C)CCC2CCC(C2)C1. The molecular formula is C21H42N2+2. The van der Waals surface area contributed by atoms with Crippen molar-refractivity contribution in [2.45, 2.75) is 63.8 Å². The molecule has 4 bridgehead atoms. The van der Waals surface area contributed by atoms with Crippen molar-refractivity contribution in [2.75, 3.05) is 48.3 Å². The Bertz CT molecular complexity index is 383. The second-order valence-corrected chi connectivity index (χ2v) is 11.0. The van der Waals surface area contributed by atoms with E-state index in [-0.39, 0.29) is 0 Å². The Hall–Kier alpha value is -0.0800. The Morgan fingerprint density at radius 2 is 1.17 bits per heavy atom. The molecule has 0 radical (unpaired) electrons. The van der Waals surface area contributed by atoms with Crippen molar-refractivity contribution in [3.63, 3.8) is 0 Å². The van der Waals surface area contributed by atoms with Crippen LogP contribution in [-0.4, -0.2) is 63.3 Å². The third-order valence-corrected chi connectivity index (χ3v) is 7.50. The van der Waals surface area contributed by atoms with Crippen LogP contribution in [0.15, 0.2) is 0 Å². The van der Waals surface area contributed by atoms with Gasteiger partial charge in [0.25, 0.3) is 0 Å². The van der Waals surface area contributed by atoms with Gasteiger partial charge >= 0.3 is 0 Å². The Labute approximate surface area is 145 Å². The van der Waals surface area contributed by atoms with E-state index in [1.807, 2.05) is 0 Å². The molecule has 4 fully saturated rings. The summed E-state index contributed by atoms with van der Waals surface area (Å²) < 4.78 is 2.47. The number of fused-ring (bicyclic) bond motifs is 4. The van der Waals surface area contributed by atoms with Crippen LogP contribution in [0.2, 0.25) is 0 Å². The largest absolute Gasteiger partial charge is 0.328 e. The summed E-state index contributed by atoms with van der Waals surface area (Å²) in [6, 6.07) is 0.955. The highest BCUT2D eigenvalue weighted by molar-refractivity contribution is 4.85. The van der Waals surface area contributed by atoms with Crippen LogP contribution in [0.1, 0.15) is 57.8 Å². The maximum atomic E-state index is 2.39. The number of nitrogens with zero attached hydrogens (tertiary/aromatic N) is 2. The van der Waals surface area contributed by atoms with E-state index in [1.165, 1.54) is 67.0 Å². The highest BCUT2D eigenvalue weighted by Gasteiger charge is 2.39. The third-order valence-electron chi connectivity index (χ3n) is 7.50. The van der Waals surface area contributed by atoms with E-state index in [0.29, 0.717) is 0 Å². The average Bonchev–Trinajstić information content (AvgIpc) is 2.97. The van der Waals surface area contributed by atoms with Gasteiger partial charge in [-0.1, -0.05) is 0 Å². The van der Waals surface area contributed by atoms with Gasteiger partial charge in [0.2, 0.25) is 0 Å². The molecule has 134 valence electrons. The van der Waals surface area contributed by atoms with Gasteiger partial charge in [0.05, 0.1) is 54.4 Å². The summed E-state index contributed by atoms with van der Waals surface area (Å²) in [5, 5.41) is 0. The van der Waals surface area contributed by atoms with E-state index < -0.39 is 0 Å². The van der Waals surface area contributed by atoms with E-state index >= 15 is 0 Å². The molecule has 3 saturated carbocycles. The molecule has 4 unspecified atom stereocenters. The fourth-order valence-electron chi connectivity index (χ4n) is 6.03. The molecule has 0 amide bonds. The van der Waals surface area contributed by atoms with Gasteiger partial charge in [0.1, 0.15) is 0 Å². The summed E-state index contributed by atoms with van der Waals surface area (Å²) >= 11 is 0. The third kappa shape index (κ3) is 4.72. The number of quaternary nitrogens is 2. The molecule has 0 N–H and O–H groups in total. The highest BCUT2D eigenvalue weighted by Crippen LogP contribution is 2.44. The minimum atomic E-state index is 0.955. The number of likely N-dealkylation sites (tertiary alicyclic amines) is 1. The molecule has 23 heavy (non-hydrogen) atoms. The van der Waals surface area contributed by atoms with E-state index in [0.717, 1.165) is 29.7 Å². The van der Waals surface area contributed by atoms with Crippen LogP contribution in [0.25, 0.3) is 0 Å². The molecule has 0 aromatic heterocycles. The van der Waals surface area contributed by atoms with Crippen molar-refractivity contribution < 1.29 is 8.97 Å². The fourth-order valence-corrected chi connectivity index (χ4v) is 6.03. The van der Waals surface area contributed by atoms with Gasteiger partial charge in [-0.05, 0) is 62.7 Å². The second kappa shape index (κ2) is 6.67. The lowest BCUT2D eigenvalue weighted by Gasteiger charge is -2.39. The zero-order valence-corrected chi connectivity index (χ0v) is 16.6. The zero-order valence-electron chi connectivity index (χ0n) is 16.6. The predicted octanol–water partition coefficient (Wildman–Crippen LogP) is 4.15. The molecule has 3 aliphatic carbocycles. The van der Waals surface area contributed by atoms with Crippen LogP contribution in [-0.2, 0) is 0 Å². The van der Waals surface area contributed by atoms with Gasteiger partial charge in [-0.15, -0.1) is 0 Å². The van der Waals surface area contributed by atoms with E-state index in [4.69, 9.17) is 0 Å². The van der Waals surface area contributed by atoms with Gasteiger partial charge in [-0.3, -0.25) is 0 Å². The van der Waals surface area contributed by atoms with Gasteiger partial charge in [-0.25, -0.2) is 0 Å². The normalized spacial score (nSPS) is 41.9. The van der Waals surface area contributed by atoms with Crippen LogP contribution in [0, 0.1) is 23.7 Å². The molecule has 4 atom stereocenters. The van der Waals surface area contributed by atoms with Crippen molar-refractivity contribution in [1.82, 2.24) is 0 Å². The first-order chi connectivity index (χ1) is 10.7. The molecule has 1 aliphatic heterocycles. The Balaban J connectivity index is 0.000000136. The molecule has 0 aromatic carbocycles. The van der Waals surface area contributed by atoms with Crippen molar-refractivity contribution in [2.24, 2.45) is 23.7 Å². The molecule has 1 saturated heterocycles. The Morgan fingerprint density at radius 1 is 0.652 bits per heavy atom. The summed E-state index contributed by atoms with van der Waals surface area (Å²) in [4.78, 5) is 0. The summed E-state index contributed by atoms with van der Waals surface area (Å²) in [5.74, 6) is 4.34. The molecule has 4 rings (SSSR count). The molecular weight excluding hydrogens is 280 g/mol. The maximum Gasteiger partial charge on any atom is 0.0889 e. The first-order valence-electron chi connectivity index (χ1n) is 10.3. The molecule has 0 aromatic rings. The topological polar surface area (TPSA) is 0 Å².